The van der Waals surface area contributed by atoms with Crippen LogP contribution in [0.4, 0.5) is 0 Å². The van der Waals surface area contributed by atoms with Gasteiger partial charge in [0.05, 0.1) is 24.2 Å². The summed E-state index contributed by atoms with van der Waals surface area (Å²) in [7, 11) is 0. The van der Waals surface area contributed by atoms with Crippen molar-refractivity contribution in [1.82, 2.24) is 25.1 Å². The standard InChI is InChI=1S/C19H21N5O2/c25-16-8-14(9-16)19(23-18(26)5-6-24-12-20-11-22-24)15-7-13-3-1-2-4-17(13)21-10-15/h1-4,7,10-12,14,16,19,25H,5-6,8-9H2,(H,23,26)/t14?,16?,19-/m1/s1. The normalized spacial score (nSPS) is 20.5. The molecule has 0 saturated heterocycles. The van der Waals surface area contributed by atoms with Gasteiger partial charge in [-0.15, -0.1) is 0 Å². The third-order valence-electron chi connectivity index (χ3n) is 4.94. The number of aliphatic hydroxyl groups excluding tert-OH is 1. The van der Waals surface area contributed by atoms with E-state index in [4.69, 9.17) is 0 Å². The summed E-state index contributed by atoms with van der Waals surface area (Å²) in [6, 6.07) is 9.87. The van der Waals surface area contributed by atoms with E-state index in [0.29, 0.717) is 25.8 Å². The van der Waals surface area contributed by atoms with Crippen molar-refractivity contribution in [3.63, 3.8) is 0 Å². The maximum absolute atomic E-state index is 12.5. The van der Waals surface area contributed by atoms with E-state index in [-0.39, 0.29) is 24.0 Å². The molecule has 26 heavy (non-hydrogen) atoms. The van der Waals surface area contributed by atoms with Crippen LogP contribution in [0, 0.1) is 5.92 Å². The molecule has 1 aromatic carbocycles. The van der Waals surface area contributed by atoms with Crippen molar-refractivity contribution >= 4 is 16.8 Å². The largest absolute Gasteiger partial charge is 0.393 e. The van der Waals surface area contributed by atoms with Gasteiger partial charge in [-0.25, -0.2) is 4.98 Å². The van der Waals surface area contributed by atoms with E-state index in [1.54, 1.807) is 11.0 Å². The minimum atomic E-state index is -0.275. The number of amides is 1. The monoisotopic (exact) mass is 351 g/mol. The minimum absolute atomic E-state index is 0.0416. The van der Waals surface area contributed by atoms with Crippen molar-refractivity contribution < 1.29 is 9.90 Å². The molecule has 0 radical (unpaired) electrons. The molecule has 0 aliphatic heterocycles. The Hall–Kier alpha value is -2.80. The van der Waals surface area contributed by atoms with Gasteiger partial charge in [0.2, 0.25) is 5.91 Å². The number of aromatic nitrogens is 4. The molecule has 134 valence electrons. The van der Waals surface area contributed by atoms with Gasteiger partial charge in [-0.1, -0.05) is 18.2 Å². The highest BCUT2D eigenvalue weighted by Gasteiger charge is 2.35. The molecule has 7 heteroatoms. The van der Waals surface area contributed by atoms with E-state index in [1.807, 2.05) is 30.5 Å². The number of fused-ring (bicyclic) bond motifs is 1. The Kier molecular flexibility index (Phi) is 4.62. The van der Waals surface area contributed by atoms with E-state index in [9.17, 15) is 9.90 Å². The molecule has 2 heterocycles. The molecular weight excluding hydrogens is 330 g/mol. The Morgan fingerprint density at radius 3 is 2.96 bits per heavy atom. The Labute approximate surface area is 151 Å². The average Bonchev–Trinajstić information content (AvgIpc) is 3.15. The molecule has 0 bridgehead atoms. The number of hydrogen-bond acceptors (Lipinski definition) is 5. The van der Waals surface area contributed by atoms with Crippen molar-refractivity contribution in [2.75, 3.05) is 0 Å². The molecule has 2 N–H and O–H groups in total. The summed E-state index contributed by atoms with van der Waals surface area (Å²) in [4.78, 5) is 20.9. The zero-order valence-electron chi connectivity index (χ0n) is 14.3. The molecule has 1 aliphatic rings. The first-order valence-electron chi connectivity index (χ1n) is 8.83. The number of aryl methyl sites for hydroxylation is 1. The molecular formula is C19H21N5O2. The summed E-state index contributed by atoms with van der Waals surface area (Å²) in [5.41, 5.74) is 1.91. The maximum atomic E-state index is 12.5. The maximum Gasteiger partial charge on any atom is 0.222 e. The second kappa shape index (κ2) is 7.21. The first kappa shape index (κ1) is 16.7. The van der Waals surface area contributed by atoms with Crippen molar-refractivity contribution in [1.29, 1.82) is 0 Å². The summed E-state index contributed by atoms with van der Waals surface area (Å²) in [5.74, 6) is 0.184. The Morgan fingerprint density at radius 1 is 1.35 bits per heavy atom. The fourth-order valence-corrected chi connectivity index (χ4v) is 3.44. The number of nitrogens with zero attached hydrogens (tertiary/aromatic N) is 4. The average molecular weight is 351 g/mol. The molecule has 1 amide bonds. The highest BCUT2D eigenvalue weighted by atomic mass is 16.3. The Balaban J connectivity index is 1.50. The third-order valence-corrected chi connectivity index (χ3v) is 4.94. The van der Waals surface area contributed by atoms with Gasteiger partial charge in [0, 0.05) is 18.0 Å². The molecule has 1 fully saturated rings. The lowest BCUT2D eigenvalue weighted by molar-refractivity contribution is -0.123. The lowest BCUT2D eigenvalue weighted by atomic mass is 9.75. The number of hydrogen-bond donors (Lipinski definition) is 2. The first-order valence-corrected chi connectivity index (χ1v) is 8.83. The molecule has 1 aliphatic carbocycles. The second-order valence-electron chi connectivity index (χ2n) is 6.80. The molecule has 0 unspecified atom stereocenters. The van der Waals surface area contributed by atoms with E-state index in [2.05, 4.69) is 26.4 Å². The molecule has 0 spiro atoms. The summed E-state index contributed by atoms with van der Waals surface area (Å²) in [5, 5.41) is 17.9. The van der Waals surface area contributed by atoms with Crippen molar-refractivity contribution in [3.05, 3.63) is 54.7 Å². The van der Waals surface area contributed by atoms with Crippen LogP contribution in [0.5, 0.6) is 0 Å². The molecule has 2 aromatic heterocycles. The molecule has 3 aromatic rings. The van der Waals surface area contributed by atoms with E-state index < -0.39 is 0 Å². The van der Waals surface area contributed by atoms with Crippen molar-refractivity contribution in [3.8, 4) is 0 Å². The van der Waals surface area contributed by atoms with E-state index >= 15 is 0 Å². The Bertz CT molecular complexity index is 890. The SMILES string of the molecule is O=C(CCn1cncn1)N[C@@H](c1cnc2ccccc2c1)C1CC(O)C1. The van der Waals surface area contributed by atoms with Crippen LogP contribution in [0.15, 0.2) is 49.2 Å². The Morgan fingerprint density at radius 2 is 2.19 bits per heavy atom. The predicted octanol–water partition coefficient (Wildman–Crippen LogP) is 1.84. The van der Waals surface area contributed by atoms with Gasteiger partial charge >= 0.3 is 0 Å². The van der Waals surface area contributed by atoms with Crippen LogP contribution in [-0.4, -0.2) is 36.9 Å². The summed E-state index contributed by atoms with van der Waals surface area (Å²) >= 11 is 0. The van der Waals surface area contributed by atoms with E-state index in [1.165, 1.54) is 6.33 Å². The number of nitrogens with one attached hydrogen (secondary N) is 1. The number of benzene rings is 1. The summed E-state index contributed by atoms with van der Waals surface area (Å²) in [6.45, 7) is 0.488. The van der Waals surface area contributed by atoms with Gasteiger partial charge in [-0.2, -0.15) is 5.10 Å². The van der Waals surface area contributed by atoms with Crippen molar-refractivity contribution in [2.24, 2.45) is 5.92 Å². The highest BCUT2D eigenvalue weighted by molar-refractivity contribution is 5.80. The quantitative estimate of drug-likeness (QED) is 0.707. The zero-order valence-corrected chi connectivity index (χ0v) is 14.3. The second-order valence-corrected chi connectivity index (χ2v) is 6.80. The van der Waals surface area contributed by atoms with E-state index in [0.717, 1.165) is 16.5 Å². The number of aliphatic hydroxyl groups is 1. The van der Waals surface area contributed by atoms with Crippen LogP contribution in [0.2, 0.25) is 0 Å². The van der Waals surface area contributed by atoms with Gasteiger partial charge in [-0.05, 0) is 36.5 Å². The summed E-state index contributed by atoms with van der Waals surface area (Å²) in [6.07, 6.45) is 6.33. The number of para-hydroxylation sites is 1. The van der Waals surface area contributed by atoms with Crippen molar-refractivity contribution in [2.45, 2.75) is 38.0 Å². The lowest BCUT2D eigenvalue weighted by Gasteiger charge is -2.38. The molecule has 4 rings (SSSR count). The third kappa shape index (κ3) is 3.57. The van der Waals surface area contributed by atoms with Gasteiger partial charge in [-0.3, -0.25) is 14.5 Å². The van der Waals surface area contributed by atoms with Crippen LogP contribution in [0.3, 0.4) is 0 Å². The number of rotatable bonds is 6. The van der Waals surface area contributed by atoms with Crippen LogP contribution in [-0.2, 0) is 11.3 Å². The fourth-order valence-electron chi connectivity index (χ4n) is 3.44. The first-order chi connectivity index (χ1) is 12.7. The summed E-state index contributed by atoms with van der Waals surface area (Å²) < 4.78 is 1.64. The van der Waals surface area contributed by atoms with Gasteiger partial charge in [0.15, 0.2) is 0 Å². The van der Waals surface area contributed by atoms with Gasteiger partial charge in [0.1, 0.15) is 12.7 Å². The van der Waals surface area contributed by atoms with Gasteiger partial charge < -0.3 is 10.4 Å². The number of carbonyl (C=O) groups excluding carboxylic acids is 1. The van der Waals surface area contributed by atoms with Crippen LogP contribution < -0.4 is 5.32 Å². The predicted molar refractivity (Wildman–Crippen MR) is 96.0 cm³/mol. The number of pyridine rings is 1. The number of carbonyl (C=O) groups is 1. The highest BCUT2D eigenvalue weighted by Crippen LogP contribution is 2.38. The zero-order chi connectivity index (χ0) is 17.9. The topological polar surface area (TPSA) is 92.9 Å². The fraction of sp³-hybridized carbons (Fsp3) is 0.368. The molecule has 1 saturated carbocycles. The molecule has 1 atom stereocenters. The molecule has 7 nitrogen and oxygen atoms in total. The smallest absolute Gasteiger partial charge is 0.222 e. The van der Waals surface area contributed by atoms with Crippen LogP contribution in [0.25, 0.3) is 10.9 Å². The van der Waals surface area contributed by atoms with Crippen LogP contribution in [0.1, 0.15) is 30.9 Å². The van der Waals surface area contributed by atoms with Crippen LogP contribution >= 0.6 is 0 Å². The lowest BCUT2D eigenvalue weighted by Crippen LogP contribution is -2.41. The van der Waals surface area contributed by atoms with Gasteiger partial charge in [0.25, 0.3) is 0 Å². The minimum Gasteiger partial charge on any atom is -0.393 e.